The monoisotopic (exact) mass is 240 g/mol. The molecule has 1 aromatic heterocycles. The molecule has 0 radical (unpaired) electrons. The molecule has 0 bridgehead atoms. The molecule has 2 aromatic rings. The van der Waals surface area contributed by atoms with Gasteiger partial charge in [0.1, 0.15) is 5.82 Å². The first kappa shape index (κ1) is 11.1. The van der Waals surface area contributed by atoms with Crippen LogP contribution in [-0.2, 0) is 12.3 Å². The van der Waals surface area contributed by atoms with Gasteiger partial charge >= 0.3 is 0 Å². The van der Waals surface area contributed by atoms with E-state index in [2.05, 4.69) is 15.9 Å². The fourth-order valence-electron chi connectivity index (χ4n) is 1.17. The third-order valence-electron chi connectivity index (χ3n) is 1.91. The zero-order valence-electron chi connectivity index (χ0n) is 8.52. The Morgan fingerprint density at radius 2 is 2.25 bits per heavy atom. The van der Waals surface area contributed by atoms with Crippen molar-refractivity contribution in [1.82, 2.24) is 10.2 Å². The lowest BCUT2D eigenvalue weighted by atomic mass is 10.2. The minimum atomic E-state index is -0.234. The number of rotatable bonds is 4. The Hall–Kier alpha value is -1.40. The van der Waals surface area contributed by atoms with Crippen molar-refractivity contribution in [3.05, 3.63) is 41.5 Å². The number of quaternary nitrogens is 1. The lowest BCUT2D eigenvalue weighted by Crippen LogP contribution is -2.47. The summed E-state index contributed by atoms with van der Waals surface area (Å²) in [5, 5.41) is 8.12. The zero-order valence-corrected chi connectivity index (χ0v) is 9.34. The van der Waals surface area contributed by atoms with Crippen molar-refractivity contribution in [3.63, 3.8) is 0 Å². The summed E-state index contributed by atoms with van der Waals surface area (Å²) in [6.45, 7) is 0.480. The first-order valence-electron chi connectivity index (χ1n) is 4.77. The van der Waals surface area contributed by atoms with Crippen LogP contribution in [0.25, 0.3) is 0 Å². The number of thioether (sulfide) groups is 1. The van der Waals surface area contributed by atoms with Crippen LogP contribution in [0.1, 0.15) is 11.5 Å². The maximum absolute atomic E-state index is 12.9. The van der Waals surface area contributed by atoms with E-state index < -0.39 is 0 Å². The molecule has 2 rings (SSSR count). The molecular formula is C10H11FN3OS+. The molecule has 0 aliphatic carbocycles. The second-order valence-corrected chi connectivity index (χ2v) is 4.06. The van der Waals surface area contributed by atoms with Crippen molar-refractivity contribution >= 4 is 11.8 Å². The van der Waals surface area contributed by atoms with Gasteiger partial charge in [0.2, 0.25) is 0 Å². The van der Waals surface area contributed by atoms with Gasteiger partial charge in [0.05, 0.1) is 0 Å². The van der Waals surface area contributed by atoms with E-state index in [1.807, 2.05) is 6.07 Å². The van der Waals surface area contributed by atoms with Gasteiger partial charge in [-0.15, -0.1) is 10.2 Å². The highest BCUT2D eigenvalue weighted by Crippen LogP contribution is 2.21. The van der Waals surface area contributed by atoms with E-state index in [0.717, 1.165) is 5.56 Å². The van der Waals surface area contributed by atoms with Crippen LogP contribution in [0.3, 0.4) is 0 Å². The minimum absolute atomic E-state index is 0.234. The highest BCUT2D eigenvalue weighted by Gasteiger charge is 2.06. The molecule has 16 heavy (non-hydrogen) atoms. The lowest BCUT2D eigenvalue weighted by molar-refractivity contribution is -0.391. The Morgan fingerprint density at radius 1 is 1.38 bits per heavy atom. The van der Waals surface area contributed by atoms with Gasteiger partial charge in [-0.3, -0.25) is 0 Å². The summed E-state index contributed by atoms with van der Waals surface area (Å²) in [5.41, 5.74) is 4.53. The Morgan fingerprint density at radius 3 is 2.94 bits per heavy atom. The van der Waals surface area contributed by atoms with E-state index in [1.54, 1.807) is 6.07 Å². The van der Waals surface area contributed by atoms with Crippen LogP contribution in [0.2, 0.25) is 0 Å². The van der Waals surface area contributed by atoms with Crippen molar-refractivity contribution < 1.29 is 14.5 Å². The molecule has 3 N–H and O–H groups in total. The molecule has 0 amide bonds. The molecule has 0 fully saturated rings. The second-order valence-electron chi connectivity index (χ2n) is 3.13. The van der Waals surface area contributed by atoms with Crippen molar-refractivity contribution in [3.8, 4) is 0 Å². The standard InChI is InChI=1S/C10H10FN3OS/c11-8-3-1-2-7(4-8)6-16-10-14-13-9(5-12)15-10/h1-4H,5-6,12H2/p+1. The van der Waals surface area contributed by atoms with Crippen LogP contribution in [0.5, 0.6) is 0 Å². The minimum Gasteiger partial charge on any atom is -0.410 e. The predicted octanol–water partition coefficient (Wildman–Crippen LogP) is 1.24. The van der Waals surface area contributed by atoms with Crippen LogP contribution >= 0.6 is 11.8 Å². The first-order chi connectivity index (χ1) is 7.78. The Labute approximate surface area is 96.0 Å². The van der Waals surface area contributed by atoms with Gasteiger partial charge in [-0.2, -0.15) is 0 Å². The average molecular weight is 240 g/mol. The molecule has 0 unspecified atom stereocenters. The highest BCUT2D eigenvalue weighted by molar-refractivity contribution is 7.98. The molecule has 1 heterocycles. The summed E-state index contributed by atoms with van der Waals surface area (Å²) in [6, 6.07) is 6.45. The van der Waals surface area contributed by atoms with E-state index in [9.17, 15) is 4.39 Å². The van der Waals surface area contributed by atoms with Crippen molar-refractivity contribution in [1.29, 1.82) is 0 Å². The van der Waals surface area contributed by atoms with Crippen LogP contribution in [0, 0.1) is 5.82 Å². The average Bonchev–Trinajstić information content (AvgIpc) is 2.74. The maximum Gasteiger partial charge on any atom is 0.277 e. The lowest BCUT2D eigenvalue weighted by Gasteiger charge is -1.97. The van der Waals surface area contributed by atoms with Gasteiger partial charge in [-0.05, 0) is 17.7 Å². The zero-order chi connectivity index (χ0) is 11.4. The molecule has 6 heteroatoms. The fourth-order valence-corrected chi connectivity index (χ4v) is 1.89. The van der Waals surface area contributed by atoms with Crippen molar-refractivity contribution in [2.75, 3.05) is 0 Å². The van der Waals surface area contributed by atoms with Gasteiger partial charge in [-0.25, -0.2) is 4.39 Å². The summed E-state index contributed by atoms with van der Waals surface area (Å²) in [7, 11) is 0. The molecule has 4 nitrogen and oxygen atoms in total. The quantitative estimate of drug-likeness (QED) is 0.816. The van der Waals surface area contributed by atoms with Gasteiger partial charge < -0.3 is 10.2 Å². The first-order valence-corrected chi connectivity index (χ1v) is 5.75. The summed E-state index contributed by atoms with van der Waals surface area (Å²) < 4.78 is 18.2. The number of halogens is 1. The van der Waals surface area contributed by atoms with Crippen molar-refractivity contribution in [2.45, 2.75) is 17.5 Å². The third-order valence-corrected chi connectivity index (χ3v) is 2.80. The maximum atomic E-state index is 12.9. The Kier molecular flexibility index (Phi) is 3.53. The van der Waals surface area contributed by atoms with Gasteiger partial charge in [-0.1, -0.05) is 23.9 Å². The Bertz CT molecular complexity index is 475. The summed E-state index contributed by atoms with van der Waals surface area (Å²) >= 11 is 1.38. The van der Waals surface area contributed by atoms with Gasteiger partial charge in [0.15, 0.2) is 6.54 Å². The molecule has 0 spiro atoms. The summed E-state index contributed by atoms with van der Waals surface area (Å²) in [6.07, 6.45) is 0. The molecule has 1 aromatic carbocycles. The number of aromatic nitrogens is 2. The van der Waals surface area contributed by atoms with Crippen LogP contribution in [-0.4, -0.2) is 10.2 Å². The summed E-state index contributed by atoms with van der Waals surface area (Å²) in [4.78, 5) is 0. The van der Waals surface area contributed by atoms with E-state index in [4.69, 9.17) is 4.42 Å². The fraction of sp³-hybridized carbons (Fsp3) is 0.200. The predicted molar refractivity (Wildman–Crippen MR) is 56.9 cm³/mol. The number of hydrogen-bond acceptors (Lipinski definition) is 4. The molecule has 0 atom stereocenters. The molecule has 0 aliphatic heterocycles. The molecule has 0 aliphatic rings. The molecule has 0 saturated heterocycles. The normalized spacial score (nSPS) is 10.6. The third kappa shape index (κ3) is 2.80. The van der Waals surface area contributed by atoms with E-state index in [0.29, 0.717) is 23.4 Å². The molecular weight excluding hydrogens is 229 g/mol. The second kappa shape index (κ2) is 5.09. The van der Waals surface area contributed by atoms with E-state index in [1.165, 1.54) is 23.9 Å². The van der Waals surface area contributed by atoms with Crippen LogP contribution in [0.4, 0.5) is 4.39 Å². The number of hydrogen-bond donors (Lipinski definition) is 1. The van der Waals surface area contributed by atoms with Crippen LogP contribution in [0.15, 0.2) is 33.9 Å². The topological polar surface area (TPSA) is 66.6 Å². The SMILES string of the molecule is [NH3+]Cc1nnc(SCc2cccc(F)c2)o1. The van der Waals surface area contributed by atoms with Gasteiger partial charge in [0, 0.05) is 5.75 Å². The van der Waals surface area contributed by atoms with Crippen molar-refractivity contribution in [2.24, 2.45) is 0 Å². The molecule has 0 saturated carbocycles. The summed E-state index contributed by atoms with van der Waals surface area (Å²) in [5.74, 6) is 0.889. The number of benzene rings is 1. The largest absolute Gasteiger partial charge is 0.410 e. The van der Waals surface area contributed by atoms with E-state index in [-0.39, 0.29) is 5.82 Å². The molecule has 84 valence electrons. The Balaban J connectivity index is 1.96. The highest BCUT2D eigenvalue weighted by atomic mass is 32.2. The number of nitrogens with zero attached hydrogens (tertiary/aromatic N) is 2. The van der Waals surface area contributed by atoms with Gasteiger partial charge in [0.25, 0.3) is 11.1 Å². The van der Waals surface area contributed by atoms with Crippen LogP contribution < -0.4 is 5.73 Å². The van der Waals surface area contributed by atoms with E-state index >= 15 is 0 Å². The smallest absolute Gasteiger partial charge is 0.277 e.